The molecule has 0 bridgehead atoms. The highest BCUT2D eigenvalue weighted by Gasteiger charge is 2.37. The minimum atomic E-state index is -0.185. The van der Waals surface area contributed by atoms with E-state index in [1.54, 1.807) is 0 Å². The summed E-state index contributed by atoms with van der Waals surface area (Å²) >= 11 is 1.90. The minimum absolute atomic E-state index is 0.185. The van der Waals surface area contributed by atoms with E-state index in [1.807, 2.05) is 23.5 Å². The lowest BCUT2D eigenvalue weighted by Crippen LogP contribution is -2.16. The summed E-state index contributed by atoms with van der Waals surface area (Å²) < 4.78 is 5.05. The first kappa shape index (κ1) is 65.6. The van der Waals surface area contributed by atoms with Crippen LogP contribution in [0, 0.1) is 0 Å². The van der Waals surface area contributed by atoms with Crippen molar-refractivity contribution in [1.29, 1.82) is 0 Å². The average molecular weight is 1390 g/mol. The van der Waals surface area contributed by atoms with Crippen molar-refractivity contribution in [2.75, 3.05) is 9.80 Å². The SMILES string of the molecule is C=Cc1ccc(-c2ccc(N(c3ccc(-c4ccccc4)cc3)c3ccc(-c4ccc(-n5c6ccccc6c6ccccc65)cc4)cc3)cc2)cc1.C=Cc1ccc(-c2ccc(N(c3ccc(-c4ccccc4)cc3)c3ccc4c(c3)C(C)(C)c3cc(-c5cccc6c5sc5ccccc56)ccc3-4)cc2)cc1. The molecule has 0 amide bonds. The third-order valence-electron chi connectivity index (χ3n) is 21.5. The number of nitrogens with zero attached hydrogens (tertiary/aromatic N) is 3. The topological polar surface area (TPSA) is 11.4 Å². The normalized spacial score (nSPS) is 12.0. The quantitative estimate of drug-likeness (QED) is 0.101. The summed E-state index contributed by atoms with van der Waals surface area (Å²) in [7, 11) is 0. The van der Waals surface area contributed by atoms with Crippen molar-refractivity contribution in [2.45, 2.75) is 19.3 Å². The number of hydrogen-bond donors (Lipinski definition) is 0. The molecule has 0 radical (unpaired) electrons. The van der Waals surface area contributed by atoms with Crippen molar-refractivity contribution in [3.63, 3.8) is 0 Å². The molecule has 0 fully saturated rings. The smallest absolute Gasteiger partial charge is 0.0541 e. The molecule has 2 aromatic heterocycles. The number of rotatable bonds is 15. The van der Waals surface area contributed by atoms with Gasteiger partial charge in [-0.1, -0.05) is 312 Å². The molecule has 0 unspecified atom stereocenters. The molecule has 0 N–H and O–H groups in total. The molecule has 19 rings (SSSR count). The van der Waals surface area contributed by atoms with Gasteiger partial charge in [0.2, 0.25) is 0 Å². The zero-order chi connectivity index (χ0) is 72.0. The number of para-hydroxylation sites is 2. The molecule has 107 heavy (non-hydrogen) atoms. The van der Waals surface area contributed by atoms with Crippen LogP contribution < -0.4 is 9.80 Å². The van der Waals surface area contributed by atoms with Crippen LogP contribution in [0.5, 0.6) is 0 Å². The molecular weight excluding hydrogens is 1310 g/mol. The first-order valence-electron chi connectivity index (χ1n) is 36.7. The van der Waals surface area contributed by atoms with Gasteiger partial charge in [-0.15, -0.1) is 11.3 Å². The zero-order valence-electron chi connectivity index (χ0n) is 59.7. The first-order valence-corrected chi connectivity index (χ1v) is 37.5. The Kier molecular flexibility index (Phi) is 17.2. The summed E-state index contributed by atoms with van der Waals surface area (Å²) in [6.07, 6.45) is 3.76. The number of anilines is 6. The molecule has 0 spiro atoms. The summed E-state index contributed by atoms with van der Waals surface area (Å²) in [5.74, 6) is 0. The van der Waals surface area contributed by atoms with Gasteiger partial charge in [-0.05, 0) is 209 Å². The molecule has 2 heterocycles. The average Bonchev–Trinajstić information content (AvgIpc) is 1.57. The Labute approximate surface area is 630 Å². The molecule has 0 saturated carbocycles. The summed E-state index contributed by atoms with van der Waals surface area (Å²) in [5.41, 5.74) is 32.2. The van der Waals surface area contributed by atoms with E-state index in [9.17, 15) is 0 Å². The van der Waals surface area contributed by atoms with Crippen LogP contribution in [0.15, 0.2) is 395 Å². The van der Waals surface area contributed by atoms with Crippen LogP contribution >= 0.6 is 11.3 Å². The molecule has 1 aliphatic rings. The van der Waals surface area contributed by atoms with Crippen LogP contribution in [0.25, 0.3) is 138 Å². The van der Waals surface area contributed by atoms with E-state index in [4.69, 9.17) is 0 Å². The molecular formula is C103H75N3S. The van der Waals surface area contributed by atoms with Crippen molar-refractivity contribution >= 4 is 99.6 Å². The molecule has 18 aromatic rings. The van der Waals surface area contributed by atoms with Crippen molar-refractivity contribution in [2.24, 2.45) is 0 Å². The largest absolute Gasteiger partial charge is 0.311 e. The van der Waals surface area contributed by atoms with Gasteiger partial charge in [0, 0.05) is 76.2 Å². The molecule has 3 nitrogen and oxygen atoms in total. The van der Waals surface area contributed by atoms with E-state index in [1.165, 1.54) is 131 Å². The minimum Gasteiger partial charge on any atom is -0.311 e. The third-order valence-corrected chi connectivity index (χ3v) is 22.7. The molecule has 0 aliphatic heterocycles. The Morgan fingerprint density at radius 2 is 0.598 bits per heavy atom. The fourth-order valence-corrected chi connectivity index (χ4v) is 17.0. The van der Waals surface area contributed by atoms with E-state index >= 15 is 0 Å². The predicted octanol–water partition coefficient (Wildman–Crippen LogP) is 29.4. The van der Waals surface area contributed by atoms with E-state index < -0.39 is 0 Å². The van der Waals surface area contributed by atoms with E-state index in [-0.39, 0.29) is 5.41 Å². The van der Waals surface area contributed by atoms with Gasteiger partial charge in [-0.25, -0.2) is 0 Å². The summed E-state index contributed by atoms with van der Waals surface area (Å²) in [6.45, 7) is 12.6. The Morgan fingerprint density at radius 1 is 0.271 bits per heavy atom. The standard InChI is InChI=1S/C53H39NS.C50H36N2/c1-4-35-17-19-37(20-18-35)39-23-28-42(29-24-39)54(41-26-21-38(22-27-41)36-11-6-5-7-12-36)43-30-32-46-45-31-25-40(33-49(45)53(2,3)50(46)34-43)44-14-10-15-48-47-13-8-9-16-51(47)55-52(44)48;1-2-36-16-18-38(19-17-36)40-22-30-44(31-23-40)51(43-28-20-39(21-29-43)37-10-4-3-5-11-37)45-32-24-41(25-33-45)42-26-34-46(35-27-42)52-49-14-8-6-12-47(49)48-13-7-9-15-50(48)52/h4-34H,1H2,2-3H3;2-35H,1H2. The number of hydrogen-bond acceptors (Lipinski definition) is 3. The van der Waals surface area contributed by atoms with E-state index in [0.717, 1.165) is 50.9 Å². The van der Waals surface area contributed by atoms with Crippen molar-refractivity contribution in [1.82, 2.24) is 4.57 Å². The second-order valence-electron chi connectivity index (χ2n) is 28.1. The van der Waals surface area contributed by atoms with Gasteiger partial charge < -0.3 is 14.4 Å². The van der Waals surface area contributed by atoms with Crippen LogP contribution in [-0.2, 0) is 5.41 Å². The van der Waals surface area contributed by atoms with Gasteiger partial charge in [-0.3, -0.25) is 0 Å². The number of thiophene rings is 1. The van der Waals surface area contributed by atoms with Crippen LogP contribution in [0.1, 0.15) is 36.1 Å². The molecule has 0 atom stereocenters. The maximum absolute atomic E-state index is 3.91. The van der Waals surface area contributed by atoms with Gasteiger partial charge in [0.1, 0.15) is 0 Å². The van der Waals surface area contributed by atoms with Crippen molar-refractivity contribution in [3.05, 3.63) is 418 Å². The van der Waals surface area contributed by atoms with Crippen LogP contribution in [0.4, 0.5) is 34.1 Å². The fraction of sp³-hybridized carbons (Fsp3) is 0.0291. The van der Waals surface area contributed by atoms with Crippen LogP contribution in [0.2, 0.25) is 0 Å². The Bertz CT molecular complexity index is 6240. The highest BCUT2D eigenvalue weighted by molar-refractivity contribution is 7.26. The van der Waals surface area contributed by atoms with Gasteiger partial charge in [-0.2, -0.15) is 0 Å². The van der Waals surface area contributed by atoms with Gasteiger partial charge in [0.05, 0.1) is 11.0 Å². The summed E-state index contributed by atoms with van der Waals surface area (Å²) in [4.78, 5) is 4.72. The van der Waals surface area contributed by atoms with Crippen molar-refractivity contribution < 1.29 is 0 Å². The maximum atomic E-state index is 3.91. The predicted molar refractivity (Wildman–Crippen MR) is 460 cm³/mol. The number of benzene rings is 16. The lowest BCUT2D eigenvalue weighted by atomic mass is 9.81. The molecule has 4 heteroatoms. The summed E-state index contributed by atoms with van der Waals surface area (Å²) in [6, 6.07) is 139. The second-order valence-corrected chi connectivity index (χ2v) is 29.2. The van der Waals surface area contributed by atoms with Crippen molar-refractivity contribution in [3.8, 4) is 83.6 Å². The Morgan fingerprint density at radius 3 is 1.04 bits per heavy atom. The molecule has 1 aliphatic carbocycles. The first-order chi connectivity index (χ1) is 52.7. The maximum Gasteiger partial charge on any atom is 0.0541 e. The van der Waals surface area contributed by atoms with E-state index in [2.05, 4.69) is 424 Å². The summed E-state index contributed by atoms with van der Waals surface area (Å²) in [5, 5.41) is 5.21. The Hall–Kier alpha value is -13.4. The van der Waals surface area contributed by atoms with E-state index in [0.29, 0.717) is 0 Å². The Balaban J connectivity index is 0.000000152. The second kappa shape index (κ2) is 28.0. The van der Waals surface area contributed by atoms with Crippen LogP contribution in [-0.4, -0.2) is 4.57 Å². The van der Waals surface area contributed by atoms with Gasteiger partial charge in [0.25, 0.3) is 0 Å². The van der Waals surface area contributed by atoms with Crippen LogP contribution in [0.3, 0.4) is 0 Å². The molecule has 0 saturated heterocycles. The fourth-order valence-electron chi connectivity index (χ4n) is 15.8. The third kappa shape index (κ3) is 12.4. The van der Waals surface area contributed by atoms with Gasteiger partial charge >= 0.3 is 0 Å². The number of aromatic nitrogens is 1. The van der Waals surface area contributed by atoms with Gasteiger partial charge in [0.15, 0.2) is 0 Å². The zero-order valence-corrected chi connectivity index (χ0v) is 60.5. The molecule has 508 valence electrons. The lowest BCUT2D eigenvalue weighted by molar-refractivity contribution is 0.660. The highest BCUT2D eigenvalue weighted by Crippen LogP contribution is 2.53. The number of fused-ring (bicyclic) bond motifs is 9. The molecule has 16 aromatic carbocycles. The highest BCUT2D eigenvalue weighted by atomic mass is 32.1. The monoisotopic (exact) mass is 1390 g/mol. The lowest BCUT2D eigenvalue weighted by Gasteiger charge is -2.28.